The molecule has 19 heavy (non-hydrogen) atoms. The van der Waals surface area contributed by atoms with Gasteiger partial charge in [0.15, 0.2) is 0 Å². The molecule has 0 amide bonds. The summed E-state index contributed by atoms with van der Waals surface area (Å²) < 4.78 is 8.02. The fourth-order valence-corrected chi connectivity index (χ4v) is 3.65. The minimum absolute atomic E-state index is 0.102. The Morgan fingerprint density at radius 1 is 1.53 bits per heavy atom. The normalized spacial score (nSPS) is 23.6. The Morgan fingerprint density at radius 2 is 2.47 bits per heavy atom. The third-order valence-corrected chi connectivity index (χ3v) is 4.72. The van der Waals surface area contributed by atoms with Crippen LogP contribution in [0.3, 0.4) is 0 Å². The number of hydrogen-bond acceptors (Lipinski definition) is 4. The molecule has 1 fully saturated rings. The summed E-state index contributed by atoms with van der Waals surface area (Å²) in [6.45, 7) is 1.90. The first-order valence-corrected chi connectivity index (χ1v) is 7.49. The van der Waals surface area contributed by atoms with Crippen molar-refractivity contribution < 1.29 is 9.84 Å². The van der Waals surface area contributed by atoms with Gasteiger partial charge in [-0.15, -0.1) is 11.3 Å². The number of aliphatic hydroxyl groups is 1. The molecule has 2 aromatic rings. The third-order valence-electron chi connectivity index (χ3n) is 3.66. The van der Waals surface area contributed by atoms with Crippen molar-refractivity contribution in [3.05, 3.63) is 40.6 Å². The second-order valence-corrected chi connectivity index (χ2v) is 5.93. The van der Waals surface area contributed by atoms with E-state index in [9.17, 15) is 5.11 Å². The molecule has 0 saturated carbocycles. The molecule has 1 N–H and O–H groups in total. The van der Waals surface area contributed by atoms with Gasteiger partial charge in [0.2, 0.25) is 0 Å². The average molecular weight is 278 g/mol. The van der Waals surface area contributed by atoms with Gasteiger partial charge in [-0.25, -0.2) is 4.98 Å². The number of hydrogen-bond donors (Lipinski definition) is 1. The number of aromatic nitrogens is 2. The molecule has 0 aliphatic carbocycles. The van der Waals surface area contributed by atoms with Crippen LogP contribution in [0, 0.1) is 5.92 Å². The highest BCUT2D eigenvalue weighted by atomic mass is 32.1. The van der Waals surface area contributed by atoms with Gasteiger partial charge >= 0.3 is 0 Å². The molecule has 3 heterocycles. The zero-order valence-electron chi connectivity index (χ0n) is 10.7. The van der Waals surface area contributed by atoms with E-state index >= 15 is 0 Å². The summed E-state index contributed by atoms with van der Waals surface area (Å²) in [6, 6.07) is 1.99. The lowest BCUT2D eigenvalue weighted by Gasteiger charge is -2.29. The highest BCUT2D eigenvalue weighted by Crippen LogP contribution is 2.36. The predicted molar refractivity (Wildman–Crippen MR) is 73.9 cm³/mol. The van der Waals surface area contributed by atoms with E-state index in [1.807, 2.05) is 30.2 Å². The minimum atomic E-state index is 0.102. The Kier molecular flexibility index (Phi) is 3.96. The zero-order valence-corrected chi connectivity index (χ0v) is 11.6. The van der Waals surface area contributed by atoms with Crippen molar-refractivity contribution in [2.45, 2.75) is 32.1 Å². The van der Waals surface area contributed by atoms with Crippen LogP contribution in [0.5, 0.6) is 0 Å². The van der Waals surface area contributed by atoms with Crippen LogP contribution in [-0.4, -0.2) is 21.3 Å². The molecule has 0 bridgehead atoms. The van der Waals surface area contributed by atoms with Crippen LogP contribution in [0.15, 0.2) is 30.2 Å². The Hall–Kier alpha value is -1.17. The molecule has 0 spiro atoms. The third kappa shape index (κ3) is 2.88. The van der Waals surface area contributed by atoms with Crippen molar-refractivity contribution in [3.63, 3.8) is 0 Å². The minimum Gasteiger partial charge on any atom is -0.392 e. The zero-order chi connectivity index (χ0) is 13.1. The number of nitrogens with zero attached hydrogens (tertiary/aromatic N) is 2. The number of imidazole rings is 1. The molecule has 3 rings (SSSR count). The molecule has 102 valence electrons. The number of ether oxygens (including phenoxy) is 1. The van der Waals surface area contributed by atoms with E-state index in [-0.39, 0.29) is 12.7 Å². The van der Waals surface area contributed by atoms with Crippen molar-refractivity contribution in [2.24, 2.45) is 5.92 Å². The molecule has 0 radical (unpaired) electrons. The first-order chi connectivity index (χ1) is 9.36. The SMILES string of the molecule is OCc1ccsc1C1CC(Cn2ccnc2)CCO1. The van der Waals surface area contributed by atoms with Gasteiger partial charge in [-0.1, -0.05) is 0 Å². The molecule has 2 atom stereocenters. The monoisotopic (exact) mass is 278 g/mol. The first kappa shape index (κ1) is 12.8. The molecule has 2 unspecified atom stereocenters. The average Bonchev–Trinajstić information content (AvgIpc) is 3.09. The maximum Gasteiger partial charge on any atom is 0.0945 e. The van der Waals surface area contributed by atoms with Gasteiger partial charge in [0, 0.05) is 30.4 Å². The van der Waals surface area contributed by atoms with Gasteiger partial charge in [-0.05, 0) is 35.8 Å². The van der Waals surface area contributed by atoms with Gasteiger partial charge in [-0.3, -0.25) is 0 Å². The second-order valence-electron chi connectivity index (χ2n) is 4.98. The topological polar surface area (TPSA) is 47.3 Å². The van der Waals surface area contributed by atoms with Crippen molar-refractivity contribution in [3.8, 4) is 0 Å². The van der Waals surface area contributed by atoms with Crippen LogP contribution in [0.2, 0.25) is 0 Å². The Bertz CT molecular complexity index is 509. The van der Waals surface area contributed by atoms with Gasteiger partial charge in [0.25, 0.3) is 0 Å². The van der Waals surface area contributed by atoms with E-state index in [0.717, 1.165) is 31.6 Å². The van der Waals surface area contributed by atoms with Crippen LogP contribution in [0.25, 0.3) is 0 Å². The summed E-state index contributed by atoms with van der Waals surface area (Å²) in [6.07, 6.45) is 7.95. The van der Waals surface area contributed by atoms with Gasteiger partial charge in [0.05, 0.1) is 19.0 Å². The van der Waals surface area contributed by atoms with Crippen LogP contribution in [-0.2, 0) is 17.9 Å². The highest BCUT2D eigenvalue weighted by Gasteiger charge is 2.26. The molecule has 1 aliphatic rings. The Labute approximate surface area is 116 Å². The lowest BCUT2D eigenvalue weighted by molar-refractivity contribution is -0.0127. The number of aliphatic hydroxyl groups excluding tert-OH is 1. The standard InChI is InChI=1S/C14H18N2O2S/c17-9-12-2-6-19-14(12)13-7-11(1-5-18-13)8-16-4-3-15-10-16/h2-4,6,10-11,13,17H,1,5,7-9H2. The fourth-order valence-electron chi connectivity index (χ4n) is 2.67. The van der Waals surface area contributed by atoms with Gasteiger partial charge in [0.1, 0.15) is 0 Å². The van der Waals surface area contributed by atoms with Crippen molar-refractivity contribution in [2.75, 3.05) is 6.61 Å². The van der Waals surface area contributed by atoms with Gasteiger partial charge < -0.3 is 14.4 Å². The van der Waals surface area contributed by atoms with Gasteiger partial charge in [-0.2, -0.15) is 0 Å². The Morgan fingerprint density at radius 3 is 3.26 bits per heavy atom. The maximum atomic E-state index is 9.35. The highest BCUT2D eigenvalue weighted by molar-refractivity contribution is 7.10. The fraction of sp³-hybridized carbons (Fsp3) is 0.500. The first-order valence-electron chi connectivity index (χ1n) is 6.61. The predicted octanol–water partition coefficient (Wildman–Crippen LogP) is 2.60. The summed E-state index contributed by atoms with van der Waals surface area (Å²) >= 11 is 1.69. The van der Waals surface area contributed by atoms with Crippen molar-refractivity contribution in [1.82, 2.24) is 9.55 Å². The summed E-state index contributed by atoms with van der Waals surface area (Å²) in [4.78, 5) is 5.28. The second kappa shape index (κ2) is 5.86. The van der Waals surface area contributed by atoms with Crippen LogP contribution in [0.1, 0.15) is 29.4 Å². The molecule has 1 saturated heterocycles. The quantitative estimate of drug-likeness (QED) is 0.935. The maximum absolute atomic E-state index is 9.35. The van der Waals surface area contributed by atoms with Crippen molar-refractivity contribution >= 4 is 11.3 Å². The lowest BCUT2D eigenvalue weighted by atomic mass is 9.94. The van der Waals surface area contributed by atoms with Crippen molar-refractivity contribution in [1.29, 1.82) is 0 Å². The summed E-state index contributed by atoms with van der Waals surface area (Å²) in [7, 11) is 0. The number of rotatable bonds is 4. The van der Waals surface area contributed by atoms with Crippen LogP contribution < -0.4 is 0 Å². The Balaban J connectivity index is 1.68. The number of thiophene rings is 1. The van der Waals surface area contributed by atoms with E-state index in [4.69, 9.17) is 4.74 Å². The van der Waals surface area contributed by atoms with E-state index in [2.05, 4.69) is 9.55 Å². The molecule has 1 aliphatic heterocycles. The lowest BCUT2D eigenvalue weighted by Crippen LogP contribution is -2.23. The van der Waals surface area contributed by atoms with E-state index < -0.39 is 0 Å². The van der Waals surface area contributed by atoms with E-state index in [0.29, 0.717) is 5.92 Å². The molecule has 0 aromatic carbocycles. The molecule has 2 aromatic heterocycles. The molecule has 4 nitrogen and oxygen atoms in total. The molecule has 5 heteroatoms. The van der Waals surface area contributed by atoms with Crippen LogP contribution >= 0.6 is 11.3 Å². The smallest absolute Gasteiger partial charge is 0.0945 e. The molecular formula is C14H18N2O2S. The van der Waals surface area contributed by atoms with E-state index in [1.54, 1.807) is 11.3 Å². The summed E-state index contributed by atoms with van der Waals surface area (Å²) in [5, 5.41) is 11.4. The summed E-state index contributed by atoms with van der Waals surface area (Å²) in [5.74, 6) is 0.613. The summed E-state index contributed by atoms with van der Waals surface area (Å²) in [5.41, 5.74) is 1.01. The largest absolute Gasteiger partial charge is 0.392 e. The molecular weight excluding hydrogens is 260 g/mol. The van der Waals surface area contributed by atoms with E-state index in [1.165, 1.54) is 4.88 Å². The van der Waals surface area contributed by atoms with Crippen LogP contribution in [0.4, 0.5) is 0 Å².